The zero-order valence-electron chi connectivity index (χ0n) is 8.44. The fraction of sp³-hybridized carbons (Fsp3) is 0. The third kappa shape index (κ3) is 2.12. The van der Waals surface area contributed by atoms with Crippen molar-refractivity contribution in [2.45, 2.75) is 0 Å². The average molecular weight is 358 g/mol. The molecule has 86 valence electrons. The fourth-order valence-corrected chi connectivity index (χ4v) is 2.11. The lowest BCUT2D eigenvalue weighted by atomic mass is 10.3. The summed E-state index contributed by atoms with van der Waals surface area (Å²) in [5.74, 6) is 2.68. The van der Waals surface area contributed by atoms with Gasteiger partial charge in [0, 0.05) is 0 Å². The molecule has 0 atom stereocenters. The summed E-state index contributed by atoms with van der Waals surface area (Å²) in [5, 5.41) is 0. The molecular formula is C12H6Br2O3. The summed E-state index contributed by atoms with van der Waals surface area (Å²) >= 11 is 6.50. The van der Waals surface area contributed by atoms with Crippen LogP contribution in [-0.4, -0.2) is 0 Å². The second-order valence-electron chi connectivity index (χ2n) is 3.37. The van der Waals surface area contributed by atoms with Crippen LogP contribution >= 0.6 is 31.9 Å². The van der Waals surface area contributed by atoms with Crippen LogP contribution in [0.3, 0.4) is 0 Å². The van der Waals surface area contributed by atoms with E-state index in [1.54, 1.807) is 0 Å². The lowest BCUT2D eigenvalue weighted by Crippen LogP contribution is -1.66. The summed E-state index contributed by atoms with van der Waals surface area (Å²) in [6.45, 7) is 0. The number of hydrogen-bond acceptors (Lipinski definition) is 3. The van der Waals surface area contributed by atoms with Crippen molar-refractivity contribution in [3.8, 4) is 23.0 Å². The van der Waals surface area contributed by atoms with Gasteiger partial charge in [-0.25, -0.2) is 0 Å². The van der Waals surface area contributed by atoms with Gasteiger partial charge in [-0.05, 0) is 68.3 Å². The van der Waals surface area contributed by atoms with Gasteiger partial charge in [-0.15, -0.1) is 0 Å². The molecule has 0 amide bonds. The molecule has 0 aliphatic heterocycles. The molecule has 0 N–H and O–H groups in total. The Kier molecular flexibility index (Phi) is 2.72. The molecule has 3 heterocycles. The SMILES string of the molecule is Brc1ccc(-c2ccc(-c3ccc(Br)o3)o2)o1. The highest BCUT2D eigenvalue weighted by atomic mass is 79.9. The van der Waals surface area contributed by atoms with E-state index in [4.69, 9.17) is 13.3 Å². The Morgan fingerprint density at radius 1 is 0.529 bits per heavy atom. The molecule has 3 rings (SSSR count). The number of rotatable bonds is 2. The molecule has 3 aromatic heterocycles. The molecular weight excluding hydrogens is 352 g/mol. The zero-order valence-corrected chi connectivity index (χ0v) is 11.6. The van der Waals surface area contributed by atoms with Crippen molar-refractivity contribution in [2.75, 3.05) is 0 Å². The fourth-order valence-electron chi connectivity index (χ4n) is 1.50. The van der Waals surface area contributed by atoms with E-state index in [2.05, 4.69) is 31.9 Å². The summed E-state index contributed by atoms with van der Waals surface area (Å²) in [6.07, 6.45) is 0. The Bertz CT molecular complexity index is 593. The Morgan fingerprint density at radius 2 is 0.882 bits per heavy atom. The van der Waals surface area contributed by atoms with Crippen LogP contribution in [0.1, 0.15) is 0 Å². The second kappa shape index (κ2) is 4.23. The standard InChI is InChI=1S/C12H6Br2O3/c13-11-5-3-9(16-11)7-1-2-8(15-7)10-4-6-12(14)17-10/h1-6H. The molecule has 0 fully saturated rings. The zero-order chi connectivity index (χ0) is 11.8. The van der Waals surface area contributed by atoms with Crippen LogP contribution < -0.4 is 0 Å². The molecule has 0 radical (unpaired) electrons. The van der Waals surface area contributed by atoms with Gasteiger partial charge in [0.15, 0.2) is 32.4 Å². The first-order valence-electron chi connectivity index (χ1n) is 4.83. The largest absolute Gasteiger partial charge is 0.450 e. The number of halogens is 2. The Morgan fingerprint density at radius 3 is 1.24 bits per heavy atom. The maximum Gasteiger partial charge on any atom is 0.170 e. The van der Waals surface area contributed by atoms with E-state index in [0.717, 1.165) is 0 Å². The predicted octanol–water partition coefficient (Wildman–Crippen LogP) is 5.32. The molecule has 0 aliphatic carbocycles. The Balaban J connectivity index is 1.98. The van der Waals surface area contributed by atoms with Crippen molar-refractivity contribution >= 4 is 31.9 Å². The smallest absolute Gasteiger partial charge is 0.170 e. The van der Waals surface area contributed by atoms with Gasteiger partial charge in [-0.1, -0.05) is 0 Å². The third-order valence-electron chi connectivity index (χ3n) is 2.24. The monoisotopic (exact) mass is 356 g/mol. The predicted molar refractivity (Wildman–Crippen MR) is 69.5 cm³/mol. The van der Waals surface area contributed by atoms with Gasteiger partial charge < -0.3 is 13.3 Å². The first kappa shape index (κ1) is 10.9. The van der Waals surface area contributed by atoms with Gasteiger partial charge in [-0.2, -0.15) is 0 Å². The van der Waals surface area contributed by atoms with E-state index in [-0.39, 0.29) is 0 Å². The van der Waals surface area contributed by atoms with E-state index in [9.17, 15) is 0 Å². The van der Waals surface area contributed by atoms with Crippen LogP contribution in [0.25, 0.3) is 23.0 Å². The Hall–Kier alpha value is -1.20. The van der Waals surface area contributed by atoms with E-state index >= 15 is 0 Å². The minimum atomic E-state index is 0.665. The maximum atomic E-state index is 5.65. The first-order chi connectivity index (χ1) is 8.22. The van der Waals surface area contributed by atoms with Crippen LogP contribution in [0.2, 0.25) is 0 Å². The normalized spacial score (nSPS) is 10.9. The van der Waals surface area contributed by atoms with Crippen LogP contribution in [0.5, 0.6) is 0 Å². The maximum absolute atomic E-state index is 5.65. The van der Waals surface area contributed by atoms with Crippen LogP contribution in [0.15, 0.2) is 59.0 Å². The lowest BCUT2D eigenvalue weighted by Gasteiger charge is -1.91. The van der Waals surface area contributed by atoms with Crippen molar-refractivity contribution in [3.05, 3.63) is 45.7 Å². The van der Waals surface area contributed by atoms with Crippen molar-refractivity contribution in [2.24, 2.45) is 0 Å². The average Bonchev–Trinajstić information content (AvgIpc) is 2.96. The van der Waals surface area contributed by atoms with Crippen LogP contribution in [-0.2, 0) is 0 Å². The molecule has 3 aromatic rings. The quantitative estimate of drug-likeness (QED) is 0.622. The van der Waals surface area contributed by atoms with Gasteiger partial charge in [0.25, 0.3) is 0 Å². The lowest BCUT2D eigenvalue weighted by molar-refractivity contribution is 0.495. The topological polar surface area (TPSA) is 39.4 Å². The highest BCUT2D eigenvalue weighted by molar-refractivity contribution is 9.10. The van der Waals surface area contributed by atoms with Gasteiger partial charge in [0.05, 0.1) is 0 Å². The van der Waals surface area contributed by atoms with Crippen LogP contribution in [0, 0.1) is 0 Å². The molecule has 5 heteroatoms. The van der Waals surface area contributed by atoms with Crippen molar-refractivity contribution in [1.82, 2.24) is 0 Å². The molecule has 0 unspecified atom stereocenters. The summed E-state index contributed by atoms with van der Waals surface area (Å²) in [4.78, 5) is 0. The van der Waals surface area contributed by atoms with E-state index in [1.165, 1.54) is 0 Å². The van der Waals surface area contributed by atoms with E-state index in [0.29, 0.717) is 32.4 Å². The summed E-state index contributed by atoms with van der Waals surface area (Å²) in [6, 6.07) is 11.0. The molecule has 0 saturated heterocycles. The second-order valence-corrected chi connectivity index (χ2v) is 4.93. The van der Waals surface area contributed by atoms with Gasteiger partial charge >= 0.3 is 0 Å². The van der Waals surface area contributed by atoms with Gasteiger partial charge in [0.1, 0.15) is 0 Å². The van der Waals surface area contributed by atoms with Crippen molar-refractivity contribution in [1.29, 1.82) is 0 Å². The molecule has 0 spiro atoms. The highest BCUT2D eigenvalue weighted by Gasteiger charge is 2.12. The Labute approximate surface area is 114 Å². The molecule has 17 heavy (non-hydrogen) atoms. The van der Waals surface area contributed by atoms with Crippen LogP contribution in [0.4, 0.5) is 0 Å². The minimum absolute atomic E-state index is 0.665. The minimum Gasteiger partial charge on any atom is -0.450 e. The molecule has 0 aromatic carbocycles. The number of hydrogen-bond donors (Lipinski definition) is 0. The third-order valence-corrected chi connectivity index (χ3v) is 3.09. The molecule has 0 bridgehead atoms. The van der Waals surface area contributed by atoms with Crippen molar-refractivity contribution < 1.29 is 13.3 Å². The van der Waals surface area contributed by atoms with E-state index < -0.39 is 0 Å². The first-order valence-corrected chi connectivity index (χ1v) is 6.42. The molecule has 3 nitrogen and oxygen atoms in total. The number of furan rings is 3. The van der Waals surface area contributed by atoms with Gasteiger partial charge in [0.2, 0.25) is 0 Å². The van der Waals surface area contributed by atoms with Gasteiger partial charge in [-0.3, -0.25) is 0 Å². The molecule has 0 aliphatic rings. The van der Waals surface area contributed by atoms with Crippen molar-refractivity contribution in [3.63, 3.8) is 0 Å². The van der Waals surface area contributed by atoms with E-state index in [1.807, 2.05) is 36.4 Å². The summed E-state index contributed by atoms with van der Waals surface area (Å²) in [5.41, 5.74) is 0. The summed E-state index contributed by atoms with van der Waals surface area (Å²) in [7, 11) is 0. The molecule has 0 saturated carbocycles. The summed E-state index contributed by atoms with van der Waals surface area (Å²) < 4.78 is 17.8. The highest BCUT2D eigenvalue weighted by Crippen LogP contribution is 2.32.